The molecule has 0 spiro atoms. The molecule has 1 heterocycles. The molecule has 0 aliphatic carbocycles. The number of hydrogen-bond acceptors (Lipinski definition) is 8. The van der Waals surface area contributed by atoms with Gasteiger partial charge in [0.2, 0.25) is 0 Å². The third kappa shape index (κ3) is 7.17. The van der Waals surface area contributed by atoms with Gasteiger partial charge in [0.15, 0.2) is 11.5 Å². The molecule has 1 aliphatic heterocycles. The first-order valence-electron chi connectivity index (χ1n) is 13.0. The van der Waals surface area contributed by atoms with E-state index in [1.165, 1.54) is 0 Å². The first-order valence-corrected chi connectivity index (χ1v) is 13.4. The molecule has 0 saturated heterocycles. The maximum Gasteiger partial charge on any atom is 0.323 e. The molecule has 10 heteroatoms. The quantitative estimate of drug-likeness (QED) is 0.239. The molecule has 0 fully saturated rings. The minimum Gasteiger partial charge on any atom is -0.493 e. The van der Waals surface area contributed by atoms with Crippen molar-refractivity contribution in [1.29, 1.82) is 0 Å². The summed E-state index contributed by atoms with van der Waals surface area (Å²) in [5, 5.41) is 31.1. The van der Waals surface area contributed by atoms with Crippen molar-refractivity contribution in [2.24, 2.45) is 5.92 Å². The third-order valence-corrected chi connectivity index (χ3v) is 6.95. The minimum atomic E-state index is -1.17. The van der Waals surface area contributed by atoms with Crippen LogP contribution in [0, 0.1) is 12.8 Å². The van der Waals surface area contributed by atoms with E-state index in [4.69, 9.17) is 30.5 Å². The molecule has 9 nitrogen and oxygen atoms in total. The number of carbonyl (C=O) groups is 1. The van der Waals surface area contributed by atoms with Gasteiger partial charge in [0.1, 0.15) is 37.4 Å². The molecule has 4 N–H and O–H groups in total. The lowest BCUT2D eigenvalue weighted by Gasteiger charge is -2.20. The first-order chi connectivity index (χ1) is 19.3. The average Bonchev–Trinajstić information content (AvgIpc) is 2.96. The van der Waals surface area contributed by atoms with Crippen molar-refractivity contribution in [3.8, 4) is 34.1 Å². The summed E-state index contributed by atoms with van der Waals surface area (Å²) in [7, 11) is 0. The second-order valence-electron chi connectivity index (χ2n) is 9.68. The highest BCUT2D eigenvalue weighted by molar-refractivity contribution is 6.32. The molecule has 0 saturated carbocycles. The van der Waals surface area contributed by atoms with Crippen LogP contribution in [0.4, 0.5) is 0 Å². The number of aliphatic hydroxyl groups is 2. The van der Waals surface area contributed by atoms with Crippen LogP contribution < -0.4 is 24.3 Å². The summed E-state index contributed by atoms with van der Waals surface area (Å²) >= 11 is 6.56. The summed E-state index contributed by atoms with van der Waals surface area (Å²) < 4.78 is 23.5. The molecule has 0 radical (unpaired) electrons. The normalized spacial score (nSPS) is 13.9. The number of halogens is 1. The molecule has 2 unspecified atom stereocenters. The van der Waals surface area contributed by atoms with E-state index in [2.05, 4.69) is 5.32 Å². The van der Waals surface area contributed by atoms with Crippen molar-refractivity contribution in [1.82, 2.24) is 5.32 Å². The van der Waals surface area contributed by atoms with Crippen LogP contribution in [-0.4, -0.2) is 60.4 Å². The van der Waals surface area contributed by atoms with E-state index in [1.807, 2.05) is 50.2 Å². The van der Waals surface area contributed by atoms with Gasteiger partial charge < -0.3 is 34.3 Å². The molecular weight excluding hydrogens is 538 g/mol. The van der Waals surface area contributed by atoms with E-state index in [1.54, 1.807) is 12.1 Å². The third-order valence-electron chi connectivity index (χ3n) is 6.65. The van der Waals surface area contributed by atoms with Crippen molar-refractivity contribution in [3.05, 3.63) is 70.2 Å². The first kappa shape index (κ1) is 29.5. The van der Waals surface area contributed by atoms with E-state index >= 15 is 0 Å². The lowest BCUT2D eigenvalue weighted by atomic mass is 9.96. The standard InChI is InChI=1S/C30H34ClNO8/c1-18(14-33)16-39-27-12-28(24(31)10-22(27)13-32-25(15-34)30(35)36)40-17-21-4-3-5-23(19(21)2)20-6-7-26-29(11-20)38-9-8-37-26/h3-7,10-12,18,25,32-34H,8-9,13-17H2,1-2H3,(H,35,36). The van der Waals surface area contributed by atoms with Crippen LogP contribution >= 0.6 is 11.6 Å². The number of carboxylic acids is 1. The molecule has 1 aliphatic rings. The molecule has 2 atom stereocenters. The number of carboxylic acid groups (broad SMARTS) is 1. The van der Waals surface area contributed by atoms with Crippen LogP contribution in [0.5, 0.6) is 23.0 Å². The van der Waals surface area contributed by atoms with Gasteiger partial charge in [-0.1, -0.05) is 42.8 Å². The fourth-order valence-electron chi connectivity index (χ4n) is 4.23. The zero-order valence-corrected chi connectivity index (χ0v) is 23.2. The van der Waals surface area contributed by atoms with Crippen LogP contribution in [0.1, 0.15) is 23.6 Å². The predicted octanol–water partition coefficient (Wildman–Crippen LogP) is 4.21. The van der Waals surface area contributed by atoms with Crippen molar-refractivity contribution in [2.75, 3.05) is 33.0 Å². The summed E-state index contributed by atoms with van der Waals surface area (Å²) in [6.07, 6.45) is 0. The summed E-state index contributed by atoms with van der Waals surface area (Å²) in [4.78, 5) is 11.3. The molecule has 3 aromatic rings. The minimum absolute atomic E-state index is 0.0465. The maximum atomic E-state index is 11.3. The SMILES string of the molecule is Cc1c(COc2cc(OCC(C)CO)c(CNC(CO)C(=O)O)cc2Cl)cccc1-c1ccc2c(c1)OCCO2. The predicted molar refractivity (Wildman–Crippen MR) is 150 cm³/mol. The van der Waals surface area contributed by atoms with Gasteiger partial charge in [-0.15, -0.1) is 0 Å². The van der Waals surface area contributed by atoms with Gasteiger partial charge >= 0.3 is 5.97 Å². The highest BCUT2D eigenvalue weighted by atomic mass is 35.5. The highest BCUT2D eigenvalue weighted by Gasteiger charge is 2.19. The van der Waals surface area contributed by atoms with E-state index in [9.17, 15) is 20.1 Å². The van der Waals surface area contributed by atoms with Crippen molar-refractivity contribution in [2.45, 2.75) is 33.0 Å². The molecule has 3 aromatic carbocycles. The van der Waals surface area contributed by atoms with Crippen LogP contribution in [0.15, 0.2) is 48.5 Å². The summed E-state index contributed by atoms with van der Waals surface area (Å²) in [5.41, 5.74) is 4.67. The second-order valence-corrected chi connectivity index (χ2v) is 10.1. The largest absolute Gasteiger partial charge is 0.493 e. The highest BCUT2D eigenvalue weighted by Crippen LogP contribution is 2.37. The number of aliphatic carboxylic acids is 1. The summed E-state index contributed by atoms with van der Waals surface area (Å²) in [5.74, 6) is 1.02. The van der Waals surface area contributed by atoms with Gasteiger partial charge in [-0.05, 0) is 47.4 Å². The average molecular weight is 572 g/mol. The molecule has 0 amide bonds. The topological polar surface area (TPSA) is 127 Å². The molecular formula is C30H34ClNO8. The molecule has 214 valence electrons. The summed E-state index contributed by atoms with van der Waals surface area (Å²) in [6.45, 7) is 4.91. The fraction of sp³-hybridized carbons (Fsp3) is 0.367. The number of aliphatic hydroxyl groups excluding tert-OH is 2. The second kappa shape index (κ2) is 13.7. The van der Waals surface area contributed by atoms with Gasteiger partial charge in [-0.25, -0.2) is 0 Å². The Morgan fingerprint density at radius 3 is 2.50 bits per heavy atom. The van der Waals surface area contributed by atoms with E-state index in [0.29, 0.717) is 35.3 Å². The number of nitrogens with one attached hydrogen (secondary N) is 1. The smallest absolute Gasteiger partial charge is 0.323 e. The lowest BCUT2D eigenvalue weighted by molar-refractivity contribution is -0.140. The number of ether oxygens (including phenoxy) is 4. The number of hydrogen-bond donors (Lipinski definition) is 4. The van der Waals surface area contributed by atoms with Crippen LogP contribution in [0.3, 0.4) is 0 Å². The monoisotopic (exact) mass is 571 g/mol. The van der Waals surface area contributed by atoms with Crippen LogP contribution in [0.2, 0.25) is 5.02 Å². The van der Waals surface area contributed by atoms with E-state index in [0.717, 1.165) is 33.8 Å². The van der Waals surface area contributed by atoms with E-state index in [-0.39, 0.29) is 32.3 Å². The van der Waals surface area contributed by atoms with Crippen molar-refractivity contribution < 1.29 is 39.1 Å². The Hall–Kier alpha value is -3.50. The number of fused-ring (bicyclic) bond motifs is 1. The molecule has 0 aromatic heterocycles. The number of benzene rings is 3. The van der Waals surface area contributed by atoms with Gasteiger partial charge in [-0.2, -0.15) is 0 Å². The summed E-state index contributed by atoms with van der Waals surface area (Å²) in [6, 6.07) is 14.1. The Bertz CT molecular complexity index is 1330. The van der Waals surface area contributed by atoms with Gasteiger partial charge in [0, 0.05) is 30.7 Å². The zero-order valence-electron chi connectivity index (χ0n) is 22.5. The van der Waals surface area contributed by atoms with Gasteiger partial charge in [-0.3, -0.25) is 10.1 Å². The lowest BCUT2D eigenvalue weighted by Crippen LogP contribution is -2.39. The zero-order chi connectivity index (χ0) is 28.6. The Morgan fingerprint density at radius 2 is 1.77 bits per heavy atom. The number of rotatable bonds is 13. The maximum absolute atomic E-state index is 11.3. The van der Waals surface area contributed by atoms with Crippen LogP contribution in [-0.2, 0) is 17.9 Å². The Balaban J connectivity index is 1.54. The van der Waals surface area contributed by atoms with Gasteiger partial charge in [0.05, 0.1) is 18.2 Å². The fourth-order valence-corrected chi connectivity index (χ4v) is 4.47. The van der Waals surface area contributed by atoms with Crippen molar-refractivity contribution >= 4 is 17.6 Å². The Kier molecular flexibility index (Phi) is 10.1. The van der Waals surface area contributed by atoms with Crippen LogP contribution in [0.25, 0.3) is 11.1 Å². The van der Waals surface area contributed by atoms with Crippen molar-refractivity contribution in [3.63, 3.8) is 0 Å². The van der Waals surface area contributed by atoms with E-state index < -0.39 is 18.6 Å². The van der Waals surface area contributed by atoms with Gasteiger partial charge in [0.25, 0.3) is 0 Å². The molecule has 0 bridgehead atoms. The molecule has 4 rings (SSSR count). The Labute approximate surface area is 238 Å². The molecule has 40 heavy (non-hydrogen) atoms. The Morgan fingerprint density at radius 1 is 1.00 bits per heavy atom.